The lowest BCUT2D eigenvalue weighted by Gasteiger charge is -2.29. The van der Waals surface area contributed by atoms with Gasteiger partial charge in [0.25, 0.3) is 0 Å². The summed E-state index contributed by atoms with van der Waals surface area (Å²) in [6, 6.07) is 18.9. The molecular weight excluding hydrogens is 384 g/mol. The van der Waals surface area contributed by atoms with Crippen LogP contribution in [0.5, 0.6) is 0 Å². The number of benzene rings is 2. The van der Waals surface area contributed by atoms with E-state index in [1.54, 1.807) is 5.56 Å². The van der Waals surface area contributed by atoms with E-state index in [1.165, 1.54) is 119 Å². The van der Waals surface area contributed by atoms with Crippen molar-refractivity contribution in [2.24, 2.45) is 5.92 Å². The van der Waals surface area contributed by atoms with E-state index in [0.717, 1.165) is 11.8 Å². The van der Waals surface area contributed by atoms with Gasteiger partial charge in [-0.15, -0.1) is 0 Å². The van der Waals surface area contributed by atoms with Crippen molar-refractivity contribution in [2.75, 3.05) is 0 Å². The molecular formula is C32H48. The molecule has 176 valence electrons. The lowest BCUT2D eigenvalue weighted by atomic mass is 9.77. The minimum atomic E-state index is 0.788. The normalized spacial score (nSPS) is 18.7. The zero-order valence-electron chi connectivity index (χ0n) is 21.1. The summed E-state index contributed by atoms with van der Waals surface area (Å²) in [5, 5.41) is 0. The molecule has 32 heavy (non-hydrogen) atoms. The van der Waals surface area contributed by atoms with Crippen LogP contribution < -0.4 is 0 Å². The van der Waals surface area contributed by atoms with Crippen LogP contribution in [0, 0.1) is 5.92 Å². The van der Waals surface area contributed by atoms with Crippen LogP contribution in [0.4, 0.5) is 0 Å². The molecule has 0 radical (unpaired) electrons. The van der Waals surface area contributed by atoms with Crippen molar-refractivity contribution in [3.63, 3.8) is 0 Å². The second-order valence-corrected chi connectivity index (χ2v) is 10.4. The molecule has 0 saturated heterocycles. The van der Waals surface area contributed by atoms with Gasteiger partial charge in [0.05, 0.1) is 0 Å². The van der Waals surface area contributed by atoms with Crippen LogP contribution in [0.3, 0.4) is 0 Å². The highest BCUT2D eigenvalue weighted by Crippen LogP contribution is 2.38. The Kier molecular flexibility index (Phi) is 11.4. The van der Waals surface area contributed by atoms with Crippen LogP contribution in [0.1, 0.15) is 127 Å². The molecule has 0 heterocycles. The van der Waals surface area contributed by atoms with E-state index in [9.17, 15) is 0 Å². The van der Waals surface area contributed by atoms with Gasteiger partial charge < -0.3 is 0 Å². The molecule has 0 aliphatic heterocycles. The summed E-state index contributed by atoms with van der Waals surface area (Å²) in [6.07, 6.45) is 22.3. The second kappa shape index (κ2) is 14.6. The average Bonchev–Trinajstić information content (AvgIpc) is 2.85. The van der Waals surface area contributed by atoms with Crippen molar-refractivity contribution in [1.29, 1.82) is 0 Å². The predicted molar refractivity (Wildman–Crippen MR) is 142 cm³/mol. The number of hydrogen-bond acceptors (Lipinski definition) is 0. The highest BCUT2D eigenvalue weighted by molar-refractivity contribution is 5.64. The van der Waals surface area contributed by atoms with Crippen LogP contribution in [0.15, 0.2) is 48.5 Å². The fraction of sp³-hybridized carbons (Fsp3) is 0.625. The predicted octanol–water partition coefficient (Wildman–Crippen LogP) is 10.5. The van der Waals surface area contributed by atoms with Crippen molar-refractivity contribution >= 4 is 0 Å². The summed E-state index contributed by atoms with van der Waals surface area (Å²) in [5.41, 5.74) is 5.79. The molecule has 0 aromatic heterocycles. The number of hydrogen-bond donors (Lipinski definition) is 0. The molecule has 1 aliphatic carbocycles. The van der Waals surface area contributed by atoms with E-state index >= 15 is 0 Å². The van der Waals surface area contributed by atoms with Gasteiger partial charge in [0.15, 0.2) is 0 Å². The van der Waals surface area contributed by atoms with Crippen molar-refractivity contribution in [3.05, 3.63) is 59.7 Å². The Morgan fingerprint density at radius 3 is 1.72 bits per heavy atom. The third kappa shape index (κ3) is 8.42. The van der Waals surface area contributed by atoms with E-state index in [1.807, 2.05) is 0 Å². The van der Waals surface area contributed by atoms with Crippen LogP contribution >= 0.6 is 0 Å². The Morgan fingerprint density at radius 1 is 0.562 bits per heavy atom. The third-order valence-electron chi connectivity index (χ3n) is 7.80. The zero-order chi connectivity index (χ0) is 22.4. The summed E-state index contributed by atoms with van der Waals surface area (Å²) in [4.78, 5) is 0. The Hall–Kier alpha value is -1.56. The van der Waals surface area contributed by atoms with Crippen LogP contribution in [0.2, 0.25) is 0 Å². The highest BCUT2D eigenvalue weighted by atomic mass is 14.3. The average molecular weight is 433 g/mol. The maximum atomic E-state index is 2.41. The van der Waals surface area contributed by atoms with Gasteiger partial charge in [0, 0.05) is 0 Å². The van der Waals surface area contributed by atoms with Gasteiger partial charge in [-0.2, -0.15) is 0 Å². The number of rotatable bonds is 14. The minimum Gasteiger partial charge on any atom is -0.0654 e. The third-order valence-corrected chi connectivity index (χ3v) is 7.80. The first-order chi connectivity index (χ1) is 15.8. The Bertz CT molecular complexity index is 716. The molecule has 0 spiro atoms. The molecule has 0 unspecified atom stereocenters. The van der Waals surface area contributed by atoms with Crippen molar-refractivity contribution < 1.29 is 0 Å². The molecule has 2 aromatic carbocycles. The first-order valence-corrected chi connectivity index (χ1v) is 14.0. The van der Waals surface area contributed by atoms with E-state index < -0.39 is 0 Å². The molecule has 0 N–H and O–H groups in total. The summed E-state index contributed by atoms with van der Waals surface area (Å²) in [6.45, 7) is 4.60. The smallest absolute Gasteiger partial charge is 0.0162 e. The fourth-order valence-corrected chi connectivity index (χ4v) is 5.57. The van der Waals surface area contributed by atoms with Crippen molar-refractivity contribution in [3.8, 4) is 11.1 Å². The maximum absolute atomic E-state index is 2.41. The molecule has 2 aromatic rings. The van der Waals surface area contributed by atoms with E-state index in [4.69, 9.17) is 0 Å². The summed E-state index contributed by atoms with van der Waals surface area (Å²) in [5.74, 6) is 1.78. The van der Waals surface area contributed by atoms with Crippen LogP contribution in [-0.4, -0.2) is 0 Å². The first kappa shape index (κ1) is 25.1. The van der Waals surface area contributed by atoms with Gasteiger partial charge in [-0.3, -0.25) is 0 Å². The van der Waals surface area contributed by atoms with Gasteiger partial charge >= 0.3 is 0 Å². The van der Waals surface area contributed by atoms with Gasteiger partial charge in [0.2, 0.25) is 0 Å². The van der Waals surface area contributed by atoms with Crippen LogP contribution in [-0.2, 0) is 6.42 Å². The van der Waals surface area contributed by atoms with E-state index in [0.29, 0.717) is 0 Å². The SMILES string of the molecule is CCCCCCCCCc1ccc(-c2ccc(C3CCC(CCCCC)CC3)cc2)cc1. The van der Waals surface area contributed by atoms with Crippen LogP contribution in [0.25, 0.3) is 11.1 Å². The molecule has 3 rings (SSSR count). The lowest BCUT2D eigenvalue weighted by molar-refractivity contribution is 0.303. The highest BCUT2D eigenvalue weighted by Gasteiger charge is 2.22. The molecule has 0 atom stereocenters. The van der Waals surface area contributed by atoms with Gasteiger partial charge in [-0.1, -0.05) is 127 Å². The molecule has 1 aliphatic rings. The number of unbranched alkanes of at least 4 members (excludes halogenated alkanes) is 8. The summed E-state index contributed by atoms with van der Waals surface area (Å²) >= 11 is 0. The number of aryl methyl sites for hydroxylation is 1. The quantitative estimate of drug-likeness (QED) is 0.260. The lowest BCUT2D eigenvalue weighted by Crippen LogP contribution is -2.13. The van der Waals surface area contributed by atoms with Crippen molar-refractivity contribution in [1.82, 2.24) is 0 Å². The Labute approximate surface area is 199 Å². The molecule has 0 bridgehead atoms. The fourth-order valence-electron chi connectivity index (χ4n) is 5.57. The molecule has 0 amide bonds. The zero-order valence-corrected chi connectivity index (χ0v) is 21.1. The van der Waals surface area contributed by atoms with Gasteiger partial charge in [-0.05, 0) is 72.6 Å². The first-order valence-electron chi connectivity index (χ1n) is 14.0. The molecule has 1 fully saturated rings. The van der Waals surface area contributed by atoms with E-state index in [-0.39, 0.29) is 0 Å². The Morgan fingerprint density at radius 2 is 1.09 bits per heavy atom. The molecule has 0 heteroatoms. The second-order valence-electron chi connectivity index (χ2n) is 10.4. The summed E-state index contributed by atoms with van der Waals surface area (Å²) < 4.78 is 0. The van der Waals surface area contributed by atoms with Crippen molar-refractivity contribution in [2.45, 2.75) is 122 Å². The Balaban J connectivity index is 1.41. The summed E-state index contributed by atoms with van der Waals surface area (Å²) in [7, 11) is 0. The monoisotopic (exact) mass is 432 g/mol. The standard InChI is InChI=1S/C32H48/c1-3-5-7-8-9-10-12-14-28-17-21-30(22-18-28)32-25-23-31(24-26-32)29-19-15-27(16-20-29)13-11-6-4-2/h17-18,21-27,29H,3-16,19-20H2,1-2H3. The van der Waals surface area contributed by atoms with Gasteiger partial charge in [0.1, 0.15) is 0 Å². The largest absolute Gasteiger partial charge is 0.0654 e. The molecule has 0 nitrogen and oxygen atoms in total. The maximum Gasteiger partial charge on any atom is -0.0162 e. The molecule has 1 saturated carbocycles. The minimum absolute atomic E-state index is 0.788. The topological polar surface area (TPSA) is 0 Å². The van der Waals surface area contributed by atoms with E-state index in [2.05, 4.69) is 62.4 Å². The van der Waals surface area contributed by atoms with Gasteiger partial charge in [-0.25, -0.2) is 0 Å².